The molecular weight excluding hydrogens is 84.1 g/mol. The van der Waals surface area contributed by atoms with Crippen molar-refractivity contribution in [3.8, 4) is 0 Å². The van der Waals surface area contributed by atoms with E-state index >= 15 is 0 Å². The van der Waals surface area contributed by atoms with Crippen LogP contribution >= 0.6 is 11.9 Å². The van der Waals surface area contributed by atoms with Crippen LogP contribution in [0.25, 0.3) is 0 Å². The molecule has 3 radical (unpaired) electrons. The van der Waals surface area contributed by atoms with Crippen molar-refractivity contribution >= 4 is 23.8 Å². The maximum absolute atomic E-state index is 3.47. The van der Waals surface area contributed by atoms with Crippen LogP contribution in [0.15, 0.2) is 4.99 Å². The molecule has 0 spiro atoms. The van der Waals surface area contributed by atoms with Crippen LogP contribution in [-0.4, -0.2) is 11.9 Å². The van der Waals surface area contributed by atoms with Crippen LogP contribution in [0.3, 0.4) is 0 Å². The molecule has 0 saturated carbocycles. The summed E-state index contributed by atoms with van der Waals surface area (Å²) in [7, 11) is 0. The second-order valence-electron chi connectivity index (χ2n) is 0.486. The van der Waals surface area contributed by atoms with E-state index in [-0.39, 0.29) is 0 Å². The molecule has 3 heteroatoms. The van der Waals surface area contributed by atoms with Crippen molar-refractivity contribution in [1.29, 1.82) is 0 Å². The normalized spacial score (nSPS) is 17.6. The molecule has 0 unspecified atom stereocenters. The third-order valence-electron chi connectivity index (χ3n) is 0.223. The lowest BCUT2D eigenvalue weighted by Crippen LogP contribution is -1.60. The third kappa shape index (κ3) is 0.479. The van der Waals surface area contributed by atoms with E-state index in [1.54, 1.807) is 0 Å². The van der Waals surface area contributed by atoms with Crippen molar-refractivity contribution in [2.45, 2.75) is 0 Å². The lowest BCUT2D eigenvalue weighted by Gasteiger charge is -1.34. The first kappa shape index (κ1) is 2.90. The molecule has 23 valence electrons. The summed E-state index contributed by atoms with van der Waals surface area (Å²) in [6, 6.07) is 0. The van der Waals surface area contributed by atoms with E-state index in [1.807, 2.05) is 0 Å². The Morgan fingerprint density at radius 3 is 3.00 bits per heavy atom. The second kappa shape index (κ2) is 1.21. The van der Waals surface area contributed by atoms with Gasteiger partial charge in [-0.1, -0.05) is 0 Å². The van der Waals surface area contributed by atoms with Gasteiger partial charge in [0, 0.05) is 4.40 Å². The van der Waals surface area contributed by atoms with Gasteiger partial charge in [0.1, 0.15) is 0 Å². The number of hydrogen-bond donors (Lipinski definition) is 0. The summed E-state index contributed by atoms with van der Waals surface area (Å²) in [5.74, 6) is 0. The minimum atomic E-state index is 1.17. The monoisotopic (exact) mass is 84.0 g/mol. The van der Waals surface area contributed by atoms with Gasteiger partial charge in [0.25, 0.3) is 0 Å². The molecule has 1 aliphatic heterocycles. The molecule has 1 rings (SSSR count). The smallest absolute Gasteiger partial charge is 0.0119 e. The summed E-state index contributed by atoms with van der Waals surface area (Å²) in [6.07, 6.45) is 2.32. The van der Waals surface area contributed by atoms with Gasteiger partial charge in [0.15, 0.2) is 0 Å². The molecule has 0 fully saturated rings. The standard InChI is InChI=1S/C2N2S/c1-3-2-5-4-1/q+1. The molecule has 2 nitrogen and oxygen atoms in total. The van der Waals surface area contributed by atoms with Crippen molar-refractivity contribution in [1.82, 2.24) is 4.40 Å². The third-order valence-corrected chi connectivity index (χ3v) is 0.569. The van der Waals surface area contributed by atoms with E-state index in [9.17, 15) is 0 Å². The molecular formula is C2N2S+. The molecule has 1 heterocycles. The molecule has 0 amide bonds. The lowest BCUT2D eigenvalue weighted by atomic mass is 11.3. The van der Waals surface area contributed by atoms with Crippen molar-refractivity contribution < 1.29 is 0 Å². The number of rotatable bonds is 0. The summed E-state index contributed by atoms with van der Waals surface area (Å²) >= 11 is 1.17. The minimum Gasteiger partial charge on any atom is -0.0119 e. The molecule has 0 aromatic rings. The summed E-state index contributed by atoms with van der Waals surface area (Å²) in [5, 5.41) is 0. The van der Waals surface area contributed by atoms with Gasteiger partial charge >= 0.3 is 11.9 Å². The summed E-state index contributed by atoms with van der Waals surface area (Å²) < 4.78 is 3.47. The number of aliphatic imine (C=N–C) groups is 1. The Hall–Kier alpha value is -0.310. The van der Waals surface area contributed by atoms with Crippen molar-refractivity contribution in [3.05, 3.63) is 0 Å². The Morgan fingerprint density at radius 2 is 2.80 bits per heavy atom. The summed E-state index contributed by atoms with van der Waals surface area (Å²) in [5.41, 5.74) is 2.49. The highest BCUT2D eigenvalue weighted by Crippen LogP contribution is 1.86. The van der Waals surface area contributed by atoms with Gasteiger partial charge in [-0.05, 0) is 4.99 Å². The van der Waals surface area contributed by atoms with E-state index in [0.717, 1.165) is 0 Å². The Kier molecular flexibility index (Phi) is 0.705. The van der Waals surface area contributed by atoms with Gasteiger partial charge < -0.3 is 0 Å². The molecule has 0 aromatic heterocycles. The average Bonchev–Trinajstić information content (AvgIpc) is 1.76. The molecule has 5 heavy (non-hydrogen) atoms. The minimum absolute atomic E-state index is 1.17. The van der Waals surface area contributed by atoms with Crippen LogP contribution in [0.5, 0.6) is 0 Å². The zero-order chi connectivity index (χ0) is 3.54. The topological polar surface area (TPSA) is 26.5 Å². The quantitative estimate of drug-likeness (QED) is 0.373. The zero-order valence-electron chi connectivity index (χ0n) is 2.30. The Balaban J connectivity index is 2.61. The first-order valence-corrected chi connectivity index (χ1v) is 1.83. The van der Waals surface area contributed by atoms with Gasteiger partial charge in [0.2, 0.25) is 11.9 Å². The highest BCUT2D eigenvalue weighted by molar-refractivity contribution is 8.10. The molecule has 0 aromatic carbocycles. The molecule has 0 atom stereocenters. The van der Waals surface area contributed by atoms with Gasteiger partial charge in [-0.2, -0.15) is 0 Å². The van der Waals surface area contributed by atoms with Crippen LogP contribution in [0, 0.1) is 0 Å². The number of hydrogen-bond acceptors (Lipinski definition) is 3. The fourth-order valence-corrected chi connectivity index (χ4v) is 0.306. The van der Waals surface area contributed by atoms with Crippen LogP contribution in [0.4, 0.5) is 0 Å². The SMILES string of the molecule is [C]1=N[C]=[N+]S1. The van der Waals surface area contributed by atoms with Crippen LogP contribution in [0.2, 0.25) is 0 Å². The Morgan fingerprint density at radius 1 is 1.80 bits per heavy atom. The maximum atomic E-state index is 3.47. The predicted molar refractivity (Wildman–Crippen MR) is 22.2 cm³/mol. The van der Waals surface area contributed by atoms with Crippen LogP contribution in [0.1, 0.15) is 0 Å². The van der Waals surface area contributed by atoms with Gasteiger partial charge in [-0.25, -0.2) is 0 Å². The van der Waals surface area contributed by atoms with Crippen LogP contribution < -0.4 is 4.40 Å². The van der Waals surface area contributed by atoms with Gasteiger partial charge in [0.05, 0.1) is 0 Å². The predicted octanol–water partition coefficient (Wildman–Crippen LogP) is -0.205. The van der Waals surface area contributed by atoms with Gasteiger partial charge in [-0.3, -0.25) is 0 Å². The van der Waals surface area contributed by atoms with Crippen LogP contribution in [-0.2, 0) is 0 Å². The number of nitrogens with zero attached hydrogens (tertiary/aromatic N) is 2. The van der Waals surface area contributed by atoms with Crippen molar-refractivity contribution in [2.75, 3.05) is 0 Å². The van der Waals surface area contributed by atoms with E-state index in [1.165, 1.54) is 11.9 Å². The Bertz CT molecular complexity index is 65.7. The van der Waals surface area contributed by atoms with Gasteiger partial charge in [-0.15, -0.1) is 0 Å². The second-order valence-corrected chi connectivity index (χ2v) is 1.03. The lowest BCUT2D eigenvalue weighted by molar-refractivity contribution is 1.69. The zero-order valence-corrected chi connectivity index (χ0v) is 3.12. The average molecular weight is 84.1 g/mol. The van der Waals surface area contributed by atoms with E-state index in [0.29, 0.717) is 0 Å². The first-order valence-electron chi connectivity index (χ1n) is 1.06. The largest absolute Gasteiger partial charge is 0.474 e. The van der Waals surface area contributed by atoms with Crippen molar-refractivity contribution in [2.24, 2.45) is 4.99 Å². The fraction of sp³-hybridized carbons (Fsp3) is 0. The molecule has 0 saturated heterocycles. The Labute approximate surface area is 34.1 Å². The highest BCUT2D eigenvalue weighted by Gasteiger charge is 1.98. The highest BCUT2D eigenvalue weighted by atomic mass is 32.2. The molecule has 0 N–H and O–H groups in total. The molecule has 1 aliphatic rings. The summed E-state index contributed by atoms with van der Waals surface area (Å²) in [4.78, 5) is 3.38. The maximum Gasteiger partial charge on any atom is 0.474 e. The van der Waals surface area contributed by atoms with E-state index in [2.05, 4.69) is 21.3 Å². The molecule has 0 bridgehead atoms. The molecule has 0 aliphatic carbocycles. The van der Waals surface area contributed by atoms with E-state index < -0.39 is 0 Å². The van der Waals surface area contributed by atoms with E-state index in [4.69, 9.17) is 0 Å². The fourth-order valence-electron chi connectivity index (χ4n) is 0.102. The summed E-state index contributed by atoms with van der Waals surface area (Å²) in [6.45, 7) is 0. The first-order chi connectivity index (χ1) is 2.50. The van der Waals surface area contributed by atoms with Crippen molar-refractivity contribution in [3.63, 3.8) is 0 Å².